The Morgan fingerprint density at radius 1 is 1.44 bits per heavy atom. The molecule has 25 heavy (non-hydrogen) atoms. The summed E-state index contributed by atoms with van der Waals surface area (Å²) in [7, 11) is 4.06. The molecule has 7 heteroatoms. The Balaban J connectivity index is 1.95. The number of hydrogen-bond donors (Lipinski definition) is 1. The second-order valence-electron chi connectivity index (χ2n) is 6.31. The molecule has 1 atom stereocenters. The van der Waals surface area contributed by atoms with Crippen molar-refractivity contribution in [2.45, 2.75) is 31.5 Å². The second-order valence-corrected chi connectivity index (χ2v) is 7.66. The lowest BCUT2D eigenvalue weighted by Gasteiger charge is -2.16. The van der Waals surface area contributed by atoms with E-state index < -0.39 is 0 Å². The van der Waals surface area contributed by atoms with Gasteiger partial charge in [0.25, 0.3) is 0 Å². The fourth-order valence-electron chi connectivity index (χ4n) is 2.41. The zero-order valence-electron chi connectivity index (χ0n) is 15.1. The lowest BCUT2D eigenvalue weighted by molar-refractivity contribution is -0.119. The van der Waals surface area contributed by atoms with Gasteiger partial charge in [-0.15, -0.1) is 0 Å². The van der Waals surface area contributed by atoms with Crippen LogP contribution in [0.3, 0.4) is 0 Å². The normalized spacial score (nSPS) is 12.4. The van der Waals surface area contributed by atoms with Crippen molar-refractivity contribution >= 4 is 29.3 Å². The van der Waals surface area contributed by atoms with Crippen molar-refractivity contribution in [3.63, 3.8) is 0 Å². The average molecular weight is 381 g/mol. The van der Waals surface area contributed by atoms with Crippen molar-refractivity contribution in [2.75, 3.05) is 26.4 Å². The monoisotopic (exact) mass is 380 g/mol. The largest absolute Gasteiger partial charge is 0.353 e. The maximum atomic E-state index is 12.2. The van der Waals surface area contributed by atoms with Crippen LogP contribution in [0.2, 0.25) is 5.02 Å². The first-order valence-corrected chi connectivity index (χ1v) is 9.60. The summed E-state index contributed by atoms with van der Waals surface area (Å²) in [6.45, 7) is 4.96. The van der Waals surface area contributed by atoms with Gasteiger partial charge in [0.2, 0.25) is 5.91 Å². The van der Waals surface area contributed by atoms with E-state index >= 15 is 0 Å². The van der Waals surface area contributed by atoms with Crippen LogP contribution in [0.25, 0.3) is 5.69 Å². The number of rotatable bonds is 8. The number of benzene rings is 1. The van der Waals surface area contributed by atoms with Crippen LogP contribution in [0.4, 0.5) is 0 Å². The molecule has 1 heterocycles. The smallest absolute Gasteiger partial charge is 0.230 e. The van der Waals surface area contributed by atoms with Gasteiger partial charge in [-0.05, 0) is 58.6 Å². The van der Waals surface area contributed by atoms with Crippen molar-refractivity contribution in [1.29, 1.82) is 0 Å². The van der Waals surface area contributed by atoms with E-state index in [4.69, 9.17) is 11.6 Å². The molecule has 1 N–H and O–H groups in total. The number of nitrogens with zero attached hydrogens (tertiary/aromatic N) is 3. The van der Waals surface area contributed by atoms with Crippen molar-refractivity contribution in [2.24, 2.45) is 0 Å². The third-order valence-electron chi connectivity index (χ3n) is 3.85. The van der Waals surface area contributed by atoms with Crippen molar-refractivity contribution in [3.05, 3.63) is 41.2 Å². The molecule has 2 rings (SSSR count). The molecule has 2 aromatic rings. The number of nitrogens with one attached hydrogen (secondary N) is 1. The van der Waals surface area contributed by atoms with Gasteiger partial charge in [-0.3, -0.25) is 9.36 Å². The zero-order chi connectivity index (χ0) is 18.4. The van der Waals surface area contributed by atoms with Crippen molar-refractivity contribution in [1.82, 2.24) is 19.8 Å². The lowest BCUT2D eigenvalue weighted by Crippen LogP contribution is -2.35. The molecule has 0 saturated heterocycles. The van der Waals surface area contributed by atoms with Crippen LogP contribution in [-0.2, 0) is 4.79 Å². The number of aromatic nitrogens is 2. The SMILES string of the molecule is Cc1c(Cl)cccc1-n1ccnc1SCC(=O)NC(C)CCN(C)C. The molecular weight excluding hydrogens is 356 g/mol. The van der Waals surface area contributed by atoms with Crippen LogP contribution in [-0.4, -0.2) is 52.8 Å². The Morgan fingerprint density at radius 2 is 2.20 bits per heavy atom. The Kier molecular flexibility index (Phi) is 7.35. The Hall–Kier alpha value is -1.50. The lowest BCUT2D eigenvalue weighted by atomic mass is 10.2. The van der Waals surface area contributed by atoms with E-state index in [0.717, 1.165) is 34.4 Å². The predicted octanol–water partition coefficient (Wildman–Crippen LogP) is 3.38. The predicted molar refractivity (Wildman–Crippen MR) is 105 cm³/mol. The summed E-state index contributed by atoms with van der Waals surface area (Å²) >= 11 is 7.64. The molecule has 136 valence electrons. The van der Waals surface area contributed by atoms with Gasteiger partial charge in [0.1, 0.15) is 0 Å². The third-order valence-corrected chi connectivity index (χ3v) is 5.23. The molecule has 5 nitrogen and oxygen atoms in total. The molecule has 0 radical (unpaired) electrons. The first kappa shape index (κ1) is 19.8. The molecule has 1 unspecified atom stereocenters. The summed E-state index contributed by atoms with van der Waals surface area (Å²) in [4.78, 5) is 18.6. The van der Waals surface area contributed by atoms with E-state index in [1.54, 1.807) is 6.20 Å². The number of imidazole rings is 1. The van der Waals surface area contributed by atoms with Crippen molar-refractivity contribution < 1.29 is 4.79 Å². The maximum Gasteiger partial charge on any atom is 0.230 e. The van der Waals surface area contributed by atoms with Gasteiger partial charge in [0.15, 0.2) is 5.16 Å². The summed E-state index contributed by atoms with van der Waals surface area (Å²) in [5.74, 6) is 0.358. The molecule has 0 aliphatic rings. The van der Waals surface area contributed by atoms with Gasteiger partial charge in [0.05, 0.1) is 11.4 Å². The van der Waals surface area contributed by atoms with E-state index in [9.17, 15) is 4.79 Å². The second kappa shape index (κ2) is 9.27. The first-order chi connectivity index (χ1) is 11.9. The molecule has 0 aliphatic heterocycles. The van der Waals surface area contributed by atoms with E-state index in [1.807, 2.05) is 56.9 Å². The van der Waals surface area contributed by atoms with E-state index in [2.05, 4.69) is 15.2 Å². The van der Waals surface area contributed by atoms with Gasteiger partial charge in [-0.25, -0.2) is 4.98 Å². The number of carbonyl (C=O) groups is 1. The van der Waals surface area contributed by atoms with Crippen LogP contribution in [0.5, 0.6) is 0 Å². The molecule has 1 aromatic heterocycles. The van der Waals surface area contributed by atoms with Gasteiger partial charge in [-0.1, -0.05) is 29.4 Å². The van der Waals surface area contributed by atoms with E-state index in [-0.39, 0.29) is 11.9 Å². The highest BCUT2D eigenvalue weighted by molar-refractivity contribution is 7.99. The summed E-state index contributed by atoms with van der Waals surface area (Å²) in [5, 5.41) is 4.53. The minimum Gasteiger partial charge on any atom is -0.353 e. The topological polar surface area (TPSA) is 50.2 Å². The summed E-state index contributed by atoms with van der Waals surface area (Å²) in [5.41, 5.74) is 1.97. The summed E-state index contributed by atoms with van der Waals surface area (Å²) in [6, 6.07) is 5.94. The number of carbonyl (C=O) groups excluding carboxylic acids is 1. The van der Waals surface area contributed by atoms with Crippen LogP contribution >= 0.6 is 23.4 Å². The van der Waals surface area contributed by atoms with Crippen LogP contribution < -0.4 is 5.32 Å². The average Bonchev–Trinajstić information content (AvgIpc) is 3.02. The van der Waals surface area contributed by atoms with Gasteiger partial charge in [0, 0.05) is 23.5 Å². The molecule has 0 saturated carbocycles. The van der Waals surface area contributed by atoms with Gasteiger partial charge in [-0.2, -0.15) is 0 Å². The minimum absolute atomic E-state index is 0.0219. The summed E-state index contributed by atoms with van der Waals surface area (Å²) < 4.78 is 1.97. The van der Waals surface area contributed by atoms with Crippen LogP contribution in [0.1, 0.15) is 18.9 Å². The molecule has 0 aliphatic carbocycles. The Morgan fingerprint density at radius 3 is 2.92 bits per heavy atom. The Bertz CT molecular complexity index is 717. The molecule has 1 amide bonds. The third kappa shape index (κ3) is 5.76. The highest BCUT2D eigenvalue weighted by Gasteiger charge is 2.13. The minimum atomic E-state index is 0.0219. The highest BCUT2D eigenvalue weighted by atomic mass is 35.5. The fourth-order valence-corrected chi connectivity index (χ4v) is 3.35. The quantitative estimate of drug-likeness (QED) is 0.713. The molecule has 0 spiro atoms. The van der Waals surface area contributed by atoms with Crippen molar-refractivity contribution in [3.8, 4) is 5.69 Å². The maximum absolute atomic E-state index is 12.2. The first-order valence-electron chi connectivity index (χ1n) is 8.24. The van der Waals surface area contributed by atoms with Gasteiger partial charge < -0.3 is 10.2 Å². The highest BCUT2D eigenvalue weighted by Crippen LogP contribution is 2.26. The van der Waals surface area contributed by atoms with Crippen LogP contribution in [0.15, 0.2) is 35.7 Å². The molecule has 0 fully saturated rings. The number of amides is 1. The standard InChI is InChI=1S/C18H25ClN4OS/c1-13(8-10-22(3)4)21-17(24)12-25-18-20-9-11-23(18)16-7-5-6-15(19)14(16)2/h5-7,9,11,13H,8,10,12H2,1-4H3,(H,21,24). The Labute approximate surface area is 158 Å². The summed E-state index contributed by atoms with van der Waals surface area (Å²) in [6.07, 6.45) is 4.55. The molecular formula is C18H25ClN4OS. The molecule has 1 aromatic carbocycles. The number of hydrogen-bond acceptors (Lipinski definition) is 4. The van der Waals surface area contributed by atoms with Crippen LogP contribution in [0, 0.1) is 6.92 Å². The number of thioether (sulfide) groups is 1. The van der Waals surface area contributed by atoms with E-state index in [1.165, 1.54) is 11.8 Å². The number of halogens is 1. The van der Waals surface area contributed by atoms with Gasteiger partial charge >= 0.3 is 0 Å². The fraction of sp³-hybridized carbons (Fsp3) is 0.444. The molecule has 0 bridgehead atoms. The van der Waals surface area contributed by atoms with E-state index in [0.29, 0.717) is 5.75 Å². The zero-order valence-corrected chi connectivity index (χ0v) is 16.7.